The Bertz CT molecular complexity index is 980. The molecule has 0 bridgehead atoms. The minimum Gasteiger partial charge on any atom is -0.312 e. The first-order valence-corrected chi connectivity index (χ1v) is 7.74. The minimum atomic E-state index is 0. The molecule has 0 saturated heterocycles. The summed E-state index contributed by atoms with van der Waals surface area (Å²) in [4.78, 5) is 9.86. The van der Waals surface area contributed by atoms with Gasteiger partial charge in [0.05, 0.1) is 0 Å². The van der Waals surface area contributed by atoms with E-state index < -0.39 is 0 Å². The summed E-state index contributed by atoms with van der Waals surface area (Å²) in [7, 11) is 0. The van der Waals surface area contributed by atoms with Crippen LogP contribution in [0.4, 0.5) is 11.4 Å². The smallest absolute Gasteiger partial charge is 0.239 e. The molecule has 0 spiro atoms. The van der Waals surface area contributed by atoms with Crippen LogP contribution in [0.3, 0.4) is 0 Å². The van der Waals surface area contributed by atoms with Gasteiger partial charge in [-0.15, -0.1) is 29.8 Å². The first-order chi connectivity index (χ1) is 11.4. The van der Waals surface area contributed by atoms with Crippen LogP contribution in [-0.2, 0) is 20.1 Å². The maximum absolute atomic E-state index is 4.96. The molecule has 0 fully saturated rings. The van der Waals surface area contributed by atoms with Gasteiger partial charge in [0.15, 0.2) is 0 Å². The molecule has 0 aromatic heterocycles. The Morgan fingerprint density at radius 3 is 2.29 bits per heavy atom. The van der Waals surface area contributed by atoms with Crippen LogP contribution in [0, 0.1) is 6.07 Å². The topological polar surface area (TPSA) is 24.7 Å². The zero-order valence-electron chi connectivity index (χ0n) is 12.7. The van der Waals surface area contributed by atoms with Crippen LogP contribution in [0.15, 0.2) is 82.8 Å². The van der Waals surface area contributed by atoms with Gasteiger partial charge in [0.1, 0.15) is 0 Å². The van der Waals surface area contributed by atoms with Crippen molar-refractivity contribution in [1.29, 1.82) is 0 Å². The maximum atomic E-state index is 4.96. The second-order valence-electron chi connectivity index (χ2n) is 5.78. The molecule has 0 atom stereocenters. The summed E-state index contributed by atoms with van der Waals surface area (Å²) in [6, 6.07) is 28.0. The zero-order valence-corrected chi connectivity index (χ0v) is 15.1. The van der Waals surface area contributed by atoms with Crippen molar-refractivity contribution in [2.45, 2.75) is 0 Å². The second kappa shape index (κ2) is 5.97. The molecule has 2 aliphatic rings. The average molecular weight is 483 g/mol. The van der Waals surface area contributed by atoms with Crippen molar-refractivity contribution in [3.05, 3.63) is 90.0 Å². The largest absolute Gasteiger partial charge is 0.312 e. The van der Waals surface area contributed by atoms with E-state index in [0.717, 1.165) is 33.7 Å². The molecule has 3 aromatic carbocycles. The Hall–Kier alpha value is -2.29. The third-order valence-electron chi connectivity index (χ3n) is 4.44. The molecular weight excluding hydrogens is 471 g/mol. The van der Waals surface area contributed by atoms with Gasteiger partial charge >= 0.3 is 0 Å². The van der Waals surface area contributed by atoms with Crippen molar-refractivity contribution < 1.29 is 20.1 Å². The number of hydrogen-bond acceptors (Lipinski definition) is 2. The Morgan fingerprint density at radius 1 is 0.708 bits per heavy atom. The van der Waals surface area contributed by atoms with Crippen molar-refractivity contribution >= 4 is 34.8 Å². The van der Waals surface area contributed by atoms with E-state index in [1.54, 1.807) is 0 Å². The van der Waals surface area contributed by atoms with Crippen LogP contribution in [0.1, 0.15) is 11.1 Å². The fourth-order valence-corrected chi connectivity index (χ4v) is 3.41. The quantitative estimate of drug-likeness (QED) is 0.374. The Kier molecular flexibility index (Phi) is 3.80. The molecule has 2 nitrogen and oxygen atoms in total. The third-order valence-corrected chi connectivity index (χ3v) is 4.44. The maximum Gasteiger partial charge on any atom is 0.239 e. The molecule has 1 radical (unpaired) electrons. The van der Waals surface area contributed by atoms with Gasteiger partial charge in [-0.3, -0.25) is 0 Å². The molecule has 4 heteroatoms. The van der Waals surface area contributed by atoms with Crippen molar-refractivity contribution in [3.63, 3.8) is 0 Å². The van der Waals surface area contributed by atoms with E-state index in [0.29, 0.717) is 0 Å². The van der Waals surface area contributed by atoms with Gasteiger partial charge in [-0.05, 0) is 22.9 Å². The molecule has 2 aliphatic heterocycles. The van der Waals surface area contributed by atoms with Gasteiger partial charge in [-0.2, -0.15) is 0 Å². The third kappa shape index (κ3) is 2.22. The second-order valence-corrected chi connectivity index (χ2v) is 5.78. The van der Waals surface area contributed by atoms with Gasteiger partial charge in [-0.25, -0.2) is 0 Å². The predicted molar refractivity (Wildman–Crippen MR) is 95.9 cm³/mol. The number of benzene rings is 3. The summed E-state index contributed by atoms with van der Waals surface area (Å²) in [5, 5.41) is 0. The molecule has 3 aromatic rings. The van der Waals surface area contributed by atoms with E-state index in [1.807, 2.05) is 30.3 Å². The van der Waals surface area contributed by atoms with Gasteiger partial charge in [0.2, 0.25) is 6.71 Å². The standard InChI is InChI=1S/C20H12BN2.Ir/c1-2-8-14(9-3-1)19-21-16-11-5-7-13-18(16)23-20(21)15-10-4-6-12-17(15)22-19;/h1-9,11-13H;/q-1;. The Balaban J connectivity index is 0.00000146. The number of hydrogen-bond donors (Lipinski definition) is 0. The van der Waals surface area contributed by atoms with Gasteiger partial charge in [0.25, 0.3) is 0 Å². The molecule has 24 heavy (non-hydrogen) atoms. The molecule has 0 amide bonds. The molecule has 2 heterocycles. The first-order valence-electron chi connectivity index (χ1n) is 7.74. The van der Waals surface area contributed by atoms with Gasteiger partial charge in [-0.1, -0.05) is 54.0 Å². The van der Waals surface area contributed by atoms with Crippen molar-refractivity contribution in [2.24, 2.45) is 9.98 Å². The summed E-state index contributed by atoms with van der Waals surface area (Å²) in [5.74, 6) is 0. The molecular formula is C20H12BIrN2-. The average Bonchev–Trinajstić information content (AvgIpc) is 3.02. The summed E-state index contributed by atoms with van der Waals surface area (Å²) in [6.07, 6.45) is 0. The van der Waals surface area contributed by atoms with Crippen LogP contribution in [0.5, 0.6) is 0 Å². The number of nitrogens with zero attached hydrogens (tertiary/aromatic N) is 2. The summed E-state index contributed by atoms with van der Waals surface area (Å²) < 4.78 is 0. The number of rotatable bonds is 1. The van der Waals surface area contributed by atoms with Crippen molar-refractivity contribution in [2.75, 3.05) is 0 Å². The van der Waals surface area contributed by atoms with E-state index in [1.165, 1.54) is 5.46 Å². The van der Waals surface area contributed by atoms with E-state index in [4.69, 9.17) is 9.98 Å². The van der Waals surface area contributed by atoms with Crippen LogP contribution < -0.4 is 5.46 Å². The number of fused-ring (bicyclic) bond motifs is 5. The van der Waals surface area contributed by atoms with Crippen LogP contribution in [0.2, 0.25) is 0 Å². The molecule has 0 aliphatic carbocycles. The monoisotopic (exact) mass is 484 g/mol. The molecule has 115 valence electrons. The van der Waals surface area contributed by atoms with Gasteiger partial charge in [0, 0.05) is 31.4 Å². The molecule has 5 rings (SSSR count). The van der Waals surface area contributed by atoms with Crippen molar-refractivity contribution in [1.82, 2.24) is 0 Å². The fraction of sp³-hybridized carbons (Fsp3) is 0. The van der Waals surface area contributed by atoms with Crippen LogP contribution in [-0.4, -0.2) is 17.9 Å². The first kappa shape index (κ1) is 15.3. The Morgan fingerprint density at radius 2 is 1.42 bits per heavy atom. The van der Waals surface area contributed by atoms with Gasteiger partial charge < -0.3 is 9.98 Å². The van der Waals surface area contributed by atoms with Crippen molar-refractivity contribution in [3.8, 4) is 0 Å². The fourth-order valence-electron chi connectivity index (χ4n) is 3.41. The zero-order chi connectivity index (χ0) is 15.2. The summed E-state index contributed by atoms with van der Waals surface area (Å²) in [5.41, 5.74) is 7.53. The molecule has 0 N–H and O–H groups in total. The molecule has 0 saturated carbocycles. The van der Waals surface area contributed by atoms with E-state index >= 15 is 0 Å². The molecule has 0 unspecified atom stereocenters. The summed E-state index contributed by atoms with van der Waals surface area (Å²) >= 11 is 0. The van der Waals surface area contributed by atoms with Crippen LogP contribution >= 0.6 is 0 Å². The predicted octanol–water partition coefficient (Wildman–Crippen LogP) is 3.53. The Labute approximate surface area is 154 Å². The normalized spacial score (nSPS) is 13.9. The van der Waals surface area contributed by atoms with Crippen LogP contribution in [0.25, 0.3) is 0 Å². The van der Waals surface area contributed by atoms with E-state index in [2.05, 4.69) is 48.5 Å². The van der Waals surface area contributed by atoms with E-state index in [9.17, 15) is 0 Å². The van der Waals surface area contributed by atoms with E-state index in [-0.39, 0.29) is 26.8 Å². The minimum absolute atomic E-state index is 0. The number of aliphatic imine (C=N–C) groups is 2. The SMILES string of the molecule is [Ir].[c-]1cccc2c1C1=Nc3ccccc3B1C(c1ccccc1)=N2. The number of para-hydroxylation sites is 1. The summed E-state index contributed by atoms with van der Waals surface area (Å²) in [6.45, 7) is 0.0970.